The molecule has 1 saturated heterocycles. The number of carbonyl (C=O) groups excluding carboxylic acids is 1. The molecule has 1 aromatic carbocycles. The van der Waals surface area contributed by atoms with E-state index in [4.69, 9.17) is 0 Å². The first kappa shape index (κ1) is 15.0. The molecule has 0 bridgehead atoms. The summed E-state index contributed by atoms with van der Waals surface area (Å²) in [6.07, 6.45) is 0. The minimum absolute atomic E-state index is 0.191. The van der Waals surface area contributed by atoms with E-state index in [2.05, 4.69) is 30.1 Å². The van der Waals surface area contributed by atoms with Crippen LogP contribution < -0.4 is 10.2 Å². The first-order valence-electron chi connectivity index (χ1n) is 7.43. The van der Waals surface area contributed by atoms with Gasteiger partial charge in [0.25, 0.3) is 0 Å². The predicted octanol–water partition coefficient (Wildman–Crippen LogP) is 1.64. The molecule has 1 fully saturated rings. The van der Waals surface area contributed by atoms with E-state index in [0.717, 1.165) is 30.9 Å². The number of carbonyl (C=O) groups is 1. The molecule has 2 rings (SSSR count). The molecule has 4 nitrogen and oxygen atoms in total. The smallest absolute Gasteiger partial charge is 0.241 e. The number of aryl methyl sites for hydroxylation is 1. The molecule has 1 aliphatic rings. The van der Waals surface area contributed by atoms with Crippen molar-refractivity contribution in [1.29, 1.82) is 0 Å². The van der Waals surface area contributed by atoms with Crippen molar-refractivity contribution in [1.82, 2.24) is 10.2 Å². The van der Waals surface area contributed by atoms with E-state index in [1.165, 1.54) is 0 Å². The molecular weight excluding hydrogens is 250 g/mol. The Labute approximate surface area is 121 Å². The summed E-state index contributed by atoms with van der Waals surface area (Å²) in [6, 6.07) is 8.54. The average Bonchev–Trinajstić information content (AvgIpc) is 2.41. The average molecular weight is 275 g/mol. The predicted molar refractivity (Wildman–Crippen MR) is 83.1 cm³/mol. The third kappa shape index (κ3) is 3.58. The molecule has 1 heterocycles. The monoisotopic (exact) mass is 275 g/mol. The Morgan fingerprint density at radius 3 is 2.85 bits per heavy atom. The molecule has 0 aliphatic carbocycles. The molecule has 1 aromatic rings. The van der Waals surface area contributed by atoms with Crippen molar-refractivity contribution >= 4 is 11.6 Å². The molecule has 0 unspecified atom stereocenters. The molecule has 1 atom stereocenters. The van der Waals surface area contributed by atoms with Gasteiger partial charge in [0.1, 0.15) is 0 Å². The van der Waals surface area contributed by atoms with Gasteiger partial charge in [-0.05, 0) is 32.4 Å². The van der Waals surface area contributed by atoms with Crippen LogP contribution in [0, 0.1) is 6.92 Å². The van der Waals surface area contributed by atoms with E-state index in [0.29, 0.717) is 19.1 Å². The molecule has 4 heteroatoms. The molecular formula is C16H25N3O. The minimum atomic E-state index is 0.191. The number of nitrogens with zero attached hydrogens (tertiary/aromatic N) is 2. The molecule has 20 heavy (non-hydrogen) atoms. The Bertz CT molecular complexity index is 461. The van der Waals surface area contributed by atoms with Gasteiger partial charge in [-0.1, -0.05) is 18.2 Å². The van der Waals surface area contributed by atoms with Crippen LogP contribution in [0.25, 0.3) is 0 Å². The molecule has 0 aromatic heterocycles. The fourth-order valence-corrected chi connectivity index (χ4v) is 2.78. The lowest BCUT2D eigenvalue weighted by atomic mass is 10.1. The van der Waals surface area contributed by atoms with E-state index < -0.39 is 0 Å². The van der Waals surface area contributed by atoms with Gasteiger partial charge in [0, 0.05) is 37.9 Å². The zero-order valence-electron chi connectivity index (χ0n) is 12.7. The van der Waals surface area contributed by atoms with Crippen molar-refractivity contribution in [2.45, 2.75) is 26.8 Å². The van der Waals surface area contributed by atoms with Crippen molar-refractivity contribution < 1.29 is 4.79 Å². The van der Waals surface area contributed by atoms with Crippen LogP contribution in [-0.4, -0.2) is 49.6 Å². The first-order chi connectivity index (χ1) is 9.61. The summed E-state index contributed by atoms with van der Waals surface area (Å²) < 4.78 is 0. The van der Waals surface area contributed by atoms with Gasteiger partial charge in [-0.25, -0.2) is 0 Å². The number of rotatable bonds is 4. The van der Waals surface area contributed by atoms with Gasteiger partial charge in [-0.3, -0.25) is 9.69 Å². The maximum atomic E-state index is 12.6. The summed E-state index contributed by atoms with van der Waals surface area (Å²) in [5.41, 5.74) is 2.18. The molecule has 0 radical (unpaired) electrons. The summed E-state index contributed by atoms with van der Waals surface area (Å²) in [5.74, 6) is 0.191. The van der Waals surface area contributed by atoms with E-state index in [9.17, 15) is 4.79 Å². The third-order valence-corrected chi connectivity index (χ3v) is 3.84. The van der Waals surface area contributed by atoms with E-state index in [1.54, 1.807) is 0 Å². The second kappa shape index (κ2) is 6.86. The number of anilines is 1. The summed E-state index contributed by atoms with van der Waals surface area (Å²) in [7, 11) is 0. The van der Waals surface area contributed by atoms with Crippen molar-refractivity contribution in [3.8, 4) is 0 Å². The highest BCUT2D eigenvalue weighted by Crippen LogP contribution is 2.19. The van der Waals surface area contributed by atoms with Crippen molar-refractivity contribution in [2.75, 3.05) is 37.6 Å². The highest BCUT2D eigenvalue weighted by Gasteiger charge is 2.22. The van der Waals surface area contributed by atoms with Crippen LogP contribution in [0.1, 0.15) is 19.4 Å². The lowest BCUT2D eigenvalue weighted by Gasteiger charge is -2.33. The zero-order valence-corrected chi connectivity index (χ0v) is 12.7. The SMILES string of the molecule is CCN(C(=O)CN1CCN[C@H](C)C1)c1ccccc1C. The van der Waals surface area contributed by atoms with Crippen LogP contribution in [0.4, 0.5) is 5.69 Å². The van der Waals surface area contributed by atoms with Crippen LogP contribution in [0.15, 0.2) is 24.3 Å². The Morgan fingerprint density at radius 2 is 2.20 bits per heavy atom. The van der Waals surface area contributed by atoms with Crippen LogP contribution in [0.2, 0.25) is 0 Å². The summed E-state index contributed by atoms with van der Waals surface area (Å²) in [6.45, 7) is 10.3. The van der Waals surface area contributed by atoms with Gasteiger partial charge in [0.05, 0.1) is 6.54 Å². The van der Waals surface area contributed by atoms with Gasteiger partial charge < -0.3 is 10.2 Å². The largest absolute Gasteiger partial charge is 0.312 e. The number of hydrogen-bond acceptors (Lipinski definition) is 3. The number of hydrogen-bond donors (Lipinski definition) is 1. The fraction of sp³-hybridized carbons (Fsp3) is 0.562. The number of benzene rings is 1. The van der Waals surface area contributed by atoms with Crippen LogP contribution in [-0.2, 0) is 4.79 Å². The summed E-state index contributed by atoms with van der Waals surface area (Å²) in [4.78, 5) is 16.7. The standard InChI is InChI=1S/C16H25N3O/c1-4-19(15-8-6-5-7-13(15)2)16(20)12-18-10-9-17-14(3)11-18/h5-8,14,17H,4,9-12H2,1-3H3/t14-/m1/s1. The van der Waals surface area contributed by atoms with E-state index in [-0.39, 0.29) is 5.91 Å². The molecule has 0 spiro atoms. The van der Waals surface area contributed by atoms with Crippen LogP contribution in [0.5, 0.6) is 0 Å². The van der Waals surface area contributed by atoms with Gasteiger partial charge >= 0.3 is 0 Å². The maximum Gasteiger partial charge on any atom is 0.241 e. The highest BCUT2D eigenvalue weighted by atomic mass is 16.2. The normalized spacial score (nSPS) is 19.9. The van der Waals surface area contributed by atoms with Crippen LogP contribution in [0.3, 0.4) is 0 Å². The highest BCUT2D eigenvalue weighted by molar-refractivity contribution is 5.95. The maximum absolute atomic E-state index is 12.6. The number of likely N-dealkylation sites (N-methyl/N-ethyl adjacent to an activating group) is 1. The van der Waals surface area contributed by atoms with E-state index in [1.807, 2.05) is 30.0 Å². The summed E-state index contributed by atoms with van der Waals surface area (Å²) in [5, 5.41) is 3.40. The van der Waals surface area contributed by atoms with Gasteiger partial charge in [0.15, 0.2) is 0 Å². The third-order valence-electron chi connectivity index (χ3n) is 3.84. The molecule has 110 valence electrons. The topological polar surface area (TPSA) is 35.6 Å². The molecule has 0 saturated carbocycles. The Balaban J connectivity index is 2.04. The fourth-order valence-electron chi connectivity index (χ4n) is 2.78. The first-order valence-corrected chi connectivity index (χ1v) is 7.43. The minimum Gasteiger partial charge on any atom is -0.312 e. The van der Waals surface area contributed by atoms with Gasteiger partial charge in [-0.15, -0.1) is 0 Å². The second-order valence-electron chi connectivity index (χ2n) is 5.51. The lowest BCUT2D eigenvalue weighted by Crippen LogP contribution is -2.52. The Morgan fingerprint density at radius 1 is 1.45 bits per heavy atom. The lowest BCUT2D eigenvalue weighted by molar-refractivity contribution is -0.120. The number of piperazine rings is 1. The number of para-hydroxylation sites is 1. The molecule has 1 N–H and O–H groups in total. The molecule has 1 aliphatic heterocycles. The zero-order chi connectivity index (χ0) is 14.5. The number of amides is 1. The summed E-state index contributed by atoms with van der Waals surface area (Å²) >= 11 is 0. The second-order valence-corrected chi connectivity index (χ2v) is 5.51. The Kier molecular flexibility index (Phi) is 5.15. The van der Waals surface area contributed by atoms with Gasteiger partial charge in [0.2, 0.25) is 5.91 Å². The van der Waals surface area contributed by atoms with Gasteiger partial charge in [-0.2, -0.15) is 0 Å². The van der Waals surface area contributed by atoms with Crippen molar-refractivity contribution in [3.63, 3.8) is 0 Å². The van der Waals surface area contributed by atoms with E-state index >= 15 is 0 Å². The molecule has 1 amide bonds. The Hall–Kier alpha value is -1.39. The van der Waals surface area contributed by atoms with Crippen molar-refractivity contribution in [3.05, 3.63) is 29.8 Å². The quantitative estimate of drug-likeness (QED) is 0.907. The van der Waals surface area contributed by atoms with Crippen molar-refractivity contribution in [2.24, 2.45) is 0 Å². The number of nitrogens with one attached hydrogen (secondary N) is 1. The van der Waals surface area contributed by atoms with Crippen LogP contribution >= 0.6 is 0 Å².